The fourth-order valence-corrected chi connectivity index (χ4v) is 2.67. The number of benzene rings is 1. The lowest BCUT2D eigenvalue weighted by Gasteiger charge is -2.35. The van der Waals surface area contributed by atoms with E-state index in [0.717, 1.165) is 18.7 Å². The molecule has 2 rings (SSSR count). The molecule has 1 atom stereocenters. The van der Waals surface area contributed by atoms with Crippen LogP contribution in [-0.4, -0.2) is 72.9 Å². The Bertz CT molecular complexity index is 487. The van der Waals surface area contributed by atoms with Crippen molar-refractivity contribution in [2.24, 2.45) is 0 Å². The summed E-state index contributed by atoms with van der Waals surface area (Å²) in [5.41, 5.74) is 0.825. The lowest BCUT2D eigenvalue weighted by molar-refractivity contribution is -0.132. The monoisotopic (exact) mass is 324 g/mol. The van der Waals surface area contributed by atoms with Crippen molar-refractivity contribution in [3.8, 4) is 0 Å². The van der Waals surface area contributed by atoms with E-state index in [4.69, 9.17) is 4.74 Å². The van der Waals surface area contributed by atoms with Crippen LogP contribution >= 0.6 is 0 Å². The second-order valence-electron chi connectivity index (χ2n) is 5.80. The summed E-state index contributed by atoms with van der Waals surface area (Å²) in [5, 5.41) is 9.85. The van der Waals surface area contributed by atoms with E-state index in [1.807, 2.05) is 11.8 Å². The highest BCUT2D eigenvalue weighted by atomic mass is 19.1. The zero-order chi connectivity index (χ0) is 16.7. The van der Waals surface area contributed by atoms with Gasteiger partial charge in [0, 0.05) is 39.3 Å². The molecule has 1 aliphatic rings. The third kappa shape index (κ3) is 5.89. The molecule has 0 aliphatic carbocycles. The first-order valence-corrected chi connectivity index (χ1v) is 8.09. The van der Waals surface area contributed by atoms with Gasteiger partial charge in [-0.05, 0) is 24.6 Å². The summed E-state index contributed by atoms with van der Waals surface area (Å²) in [6.07, 6.45) is -0.191. The van der Waals surface area contributed by atoms with Crippen molar-refractivity contribution in [3.05, 3.63) is 35.6 Å². The highest BCUT2D eigenvalue weighted by Crippen LogP contribution is 2.08. The molecule has 6 heteroatoms. The van der Waals surface area contributed by atoms with E-state index in [2.05, 4.69) is 4.90 Å². The number of carbonyl (C=O) groups excluding carboxylic acids is 1. The number of ether oxygens (including phenoxy) is 1. The fourth-order valence-electron chi connectivity index (χ4n) is 2.67. The lowest BCUT2D eigenvalue weighted by atomic mass is 10.1. The summed E-state index contributed by atoms with van der Waals surface area (Å²) in [7, 11) is 0. The van der Waals surface area contributed by atoms with E-state index in [0.29, 0.717) is 39.3 Å². The predicted molar refractivity (Wildman–Crippen MR) is 85.6 cm³/mol. The van der Waals surface area contributed by atoms with Gasteiger partial charge in [0.05, 0.1) is 19.1 Å². The smallest absolute Gasteiger partial charge is 0.227 e. The number of hydrogen-bond acceptors (Lipinski definition) is 4. The van der Waals surface area contributed by atoms with E-state index in [1.54, 1.807) is 12.1 Å². The number of β-amino-alcohol motifs (C(OH)–C–C–N with tert-alkyl or cyclic N) is 1. The molecule has 1 unspecified atom stereocenters. The van der Waals surface area contributed by atoms with Gasteiger partial charge in [-0.15, -0.1) is 0 Å². The summed E-state index contributed by atoms with van der Waals surface area (Å²) in [6.45, 7) is 6.22. The van der Waals surface area contributed by atoms with E-state index in [-0.39, 0.29) is 11.7 Å². The molecular formula is C17H25FN2O3. The Morgan fingerprint density at radius 2 is 1.91 bits per heavy atom. The van der Waals surface area contributed by atoms with Crippen molar-refractivity contribution in [3.63, 3.8) is 0 Å². The van der Waals surface area contributed by atoms with Gasteiger partial charge in [-0.1, -0.05) is 12.1 Å². The third-order valence-corrected chi connectivity index (χ3v) is 3.98. The quantitative estimate of drug-likeness (QED) is 0.810. The highest BCUT2D eigenvalue weighted by Gasteiger charge is 2.22. The Hall–Kier alpha value is -1.50. The summed E-state index contributed by atoms with van der Waals surface area (Å²) in [6, 6.07) is 6.04. The molecule has 1 aromatic rings. The van der Waals surface area contributed by atoms with Gasteiger partial charge in [0.1, 0.15) is 5.82 Å². The average molecular weight is 324 g/mol. The maximum atomic E-state index is 12.9. The number of carbonyl (C=O) groups is 1. The second-order valence-corrected chi connectivity index (χ2v) is 5.80. The van der Waals surface area contributed by atoms with E-state index in [1.165, 1.54) is 12.1 Å². The Morgan fingerprint density at radius 3 is 2.52 bits per heavy atom. The Labute approximate surface area is 136 Å². The molecule has 1 aromatic carbocycles. The van der Waals surface area contributed by atoms with Crippen molar-refractivity contribution in [2.45, 2.75) is 19.4 Å². The zero-order valence-electron chi connectivity index (χ0n) is 13.6. The molecule has 1 N–H and O–H groups in total. The predicted octanol–water partition coefficient (Wildman–Crippen LogP) is 0.910. The van der Waals surface area contributed by atoms with Crippen LogP contribution in [-0.2, 0) is 16.0 Å². The first-order valence-electron chi connectivity index (χ1n) is 8.09. The summed E-state index contributed by atoms with van der Waals surface area (Å²) in [4.78, 5) is 16.2. The Kier molecular flexibility index (Phi) is 6.95. The molecule has 1 fully saturated rings. The van der Waals surface area contributed by atoms with Gasteiger partial charge in [-0.3, -0.25) is 9.69 Å². The molecular weight excluding hydrogens is 299 g/mol. The van der Waals surface area contributed by atoms with Crippen LogP contribution in [0.4, 0.5) is 4.39 Å². The van der Waals surface area contributed by atoms with Gasteiger partial charge in [-0.2, -0.15) is 0 Å². The van der Waals surface area contributed by atoms with Crippen molar-refractivity contribution >= 4 is 5.91 Å². The van der Waals surface area contributed by atoms with Crippen molar-refractivity contribution in [1.82, 2.24) is 9.80 Å². The minimum atomic E-state index is -0.489. The molecule has 0 aromatic heterocycles. The highest BCUT2D eigenvalue weighted by molar-refractivity contribution is 5.78. The fraction of sp³-hybridized carbons (Fsp3) is 0.588. The molecule has 0 spiro atoms. The Morgan fingerprint density at radius 1 is 1.26 bits per heavy atom. The number of rotatable bonds is 7. The van der Waals surface area contributed by atoms with Crippen LogP contribution in [0.5, 0.6) is 0 Å². The van der Waals surface area contributed by atoms with Gasteiger partial charge in [0.25, 0.3) is 0 Å². The van der Waals surface area contributed by atoms with Crippen LogP contribution in [0.3, 0.4) is 0 Å². The van der Waals surface area contributed by atoms with Crippen molar-refractivity contribution in [1.29, 1.82) is 0 Å². The largest absolute Gasteiger partial charge is 0.389 e. The molecule has 1 aliphatic heterocycles. The van der Waals surface area contributed by atoms with Gasteiger partial charge in [-0.25, -0.2) is 4.39 Å². The molecule has 1 heterocycles. The Balaban J connectivity index is 1.73. The summed E-state index contributed by atoms with van der Waals surface area (Å²) < 4.78 is 18.1. The number of nitrogens with zero attached hydrogens (tertiary/aromatic N) is 2. The maximum absolute atomic E-state index is 12.9. The molecule has 128 valence electrons. The number of aliphatic hydroxyl groups excluding tert-OH is 1. The molecule has 5 nitrogen and oxygen atoms in total. The molecule has 1 amide bonds. The SMILES string of the molecule is CCOCC(O)CN1CCN(C(=O)Cc2ccc(F)cc2)CC1. The standard InChI is InChI=1S/C17H25FN2O3/c1-2-23-13-16(21)12-19-7-9-20(10-8-19)17(22)11-14-3-5-15(18)6-4-14/h3-6,16,21H,2,7-13H2,1H3. The number of piperazine rings is 1. The lowest BCUT2D eigenvalue weighted by Crippen LogP contribution is -2.51. The number of halogens is 1. The van der Waals surface area contributed by atoms with Gasteiger partial charge in [0.15, 0.2) is 0 Å². The summed E-state index contributed by atoms with van der Waals surface area (Å²) >= 11 is 0. The molecule has 1 saturated heterocycles. The van der Waals surface area contributed by atoms with E-state index >= 15 is 0 Å². The van der Waals surface area contributed by atoms with Crippen LogP contribution in [0.1, 0.15) is 12.5 Å². The molecule has 0 radical (unpaired) electrons. The first kappa shape index (κ1) is 17.8. The van der Waals surface area contributed by atoms with Crippen LogP contribution in [0.2, 0.25) is 0 Å². The van der Waals surface area contributed by atoms with E-state index < -0.39 is 6.10 Å². The average Bonchev–Trinajstić information content (AvgIpc) is 2.55. The van der Waals surface area contributed by atoms with Crippen LogP contribution in [0, 0.1) is 5.82 Å². The number of aliphatic hydroxyl groups is 1. The molecule has 23 heavy (non-hydrogen) atoms. The summed E-state index contributed by atoms with van der Waals surface area (Å²) in [5.74, 6) is -0.230. The topological polar surface area (TPSA) is 53.0 Å². The van der Waals surface area contributed by atoms with Crippen LogP contribution in [0.25, 0.3) is 0 Å². The van der Waals surface area contributed by atoms with E-state index in [9.17, 15) is 14.3 Å². The zero-order valence-corrected chi connectivity index (χ0v) is 13.6. The second kappa shape index (κ2) is 8.96. The van der Waals surface area contributed by atoms with Gasteiger partial charge >= 0.3 is 0 Å². The molecule has 0 bridgehead atoms. The third-order valence-electron chi connectivity index (χ3n) is 3.98. The first-order chi connectivity index (χ1) is 11.1. The minimum Gasteiger partial charge on any atom is -0.389 e. The normalized spacial score (nSPS) is 17.3. The van der Waals surface area contributed by atoms with Crippen molar-refractivity contribution in [2.75, 3.05) is 45.9 Å². The maximum Gasteiger partial charge on any atom is 0.227 e. The van der Waals surface area contributed by atoms with Crippen LogP contribution < -0.4 is 0 Å². The minimum absolute atomic E-state index is 0.0612. The molecule has 0 saturated carbocycles. The van der Waals surface area contributed by atoms with Gasteiger partial charge in [0.2, 0.25) is 5.91 Å². The number of hydrogen-bond donors (Lipinski definition) is 1. The van der Waals surface area contributed by atoms with Gasteiger partial charge < -0.3 is 14.7 Å². The van der Waals surface area contributed by atoms with Crippen LogP contribution in [0.15, 0.2) is 24.3 Å². The number of amides is 1. The van der Waals surface area contributed by atoms with Crippen molar-refractivity contribution < 1.29 is 19.0 Å².